The number of nitrogens with zero attached hydrogens (tertiary/aromatic N) is 4. The van der Waals surface area contributed by atoms with Gasteiger partial charge in [-0.1, -0.05) is 23.2 Å². The van der Waals surface area contributed by atoms with Crippen LogP contribution < -0.4 is 0 Å². The Bertz CT molecular complexity index is 411. The molecule has 0 atom stereocenters. The molecule has 106 valence electrons. The highest BCUT2D eigenvalue weighted by Gasteiger charge is 2.17. The maximum absolute atomic E-state index is 12.2. The molecule has 19 heavy (non-hydrogen) atoms. The van der Waals surface area contributed by atoms with Crippen LogP contribution >= 0.6 is 0 Å². The molecule has 1 saturated heterocycles. The highest BCUT2D eigenvalue weighted by molar-refractivity contribution is 5.77. The molecule has 1 aliphatic rings. The first-order chi connectivity index (χ1) is 9.16. The Kier molecular flexibility index (Phi) is 4.90. The van der Waals surface area contributed by atoms with E-state index in [0.717, 1.165) is 24.5 Å². The van der Waals surface area contributed by atoms with Crippen molar-refractivity contribution in [2.24, 2.45) is 0 Å². The Morgan fingerprint density at radius 1 is 1.26 bits per heavy atom. The Balaban J connectivity index is 1.83. The predicted molar refractivity (Wildman–Crippen MR) is 70.4 cm³/mol. The number of aryl methyl sites for hydroxylation is 1. The molecule has 1 aromatic rings. The highest BCUT2D eigenvalue weighted by atomic mass is 16.6. The molecule has 1 aromatic heterocycles. The van der Waals surface area contributed by atoms with E-state index in [1.54, 1.807) is 11.9 Å². The molecule has 0 aliphatic carbocycles. The van der Waals surface area contributed by atoms with Crippen molar-refractivity contribution >= 4 is 5.91 Å². The Morgan fingerprint density at radius 2 is 1.95 bits per heavy atom. The molecule has 0 N–H and O–H groups in total. The number of likely N-dealkylation sites (tertiary alicyclic amines) is 1. The first-order valence-electron chi connectivity index (χ1n) is 6.91. The lowest BCUT2D eigenvalue weighted by molar-refractivity contribution is -0.131. The van der Waals surface area contributed by atoms with Crippen LogP contribution in [0.4, 0.5) is 0 Å². The van der Waals surface area contributed by atoms with Crippen molar-refractivity contribution in [3.63, 3.8) is 0 Å². The first kappa shape index (κ1) is 14.0. The molecule has 1 fully saturated rings. The maximum atomic E-state index is 12.2. The smallest absolute Gasteiger partial charge is 0.236 e. The number of rotatable bonds is 4. The normalized spacial score (nSPS) is 17.2. The number of amides is 1. The van der Waals surface area contributed by atoms with E-state index >= 15 is 0 Å². The fraction of sp³-hybridized carbons (Fsp3) is 0.769. The summed E-state index contributed by atoms with van der Waals surface area (Å²) in [6, 6.07) is 0. The molecule has 0 bridgehead atoms. The van der Waals surface area contributed by atoms with E-state index in [4.69, 9.17) is 0 Å². The molecule has 0 radical (unpaired) electrons. The second-order valence-electron chi connectivity index (χ2n) is 5.24. The van der Waals surface area contributed by atoms with Gasteiger partial charge < -0.3 is 4.90 Å². The third-order valence-electron chi connectivity index (χ3n) is 3.62. The van der Waals surface area contributed by atoms with E-state index in [1.807, 2.05) is 6.92 Å². The molecule has 0 saturated carbocycles. The van der Waals surface area contributed by atoms with Crippen LogP contribution in [-0.2, 0) is 11.3 Å². The molecule has 1 aliphatic heterocycles. The third kappa shape index (κ3) is 4.02. The van der Waals surface area contributed by atoms with Gasteiger partial charge >= 0.3 is 0 Å². The van der Waals surface area contributed by atoms with Gasteiger partial charge in [-0.2, -0.15) is 0 Å². The fourth-order valence-electron chi connectivity index (χ4n) is 2.31. The molecule has 2 rings (SSSR count). The van der Waals surface area contributed by atoms with Crippen molar-refractivity contribution in [2.45, 2.75) is 39.2 Å². The summed E-state index contributed by atoms with van der Waals surface area (Å²) in [5, 5.41) is 7.53. The highest BCUT2D eigenvalue weighted by Crippen LogP contribution is 2.10. The quantitative estimate of drug-likeness (QED) is 0.819. The van der Waals surface area contributed by atoms with Crippen LogP contribution in [0, 0.1) is 6.92 Å². The lowest BCUT2D eigenvalue weighted by Gasteiger charge is -2.23. The van der Waals surface area contributed by atoms with Crippen LogP contribution in [0.1, 0.15) is 37.1 Å². The Hall–Kier alpha value is -1.43. The van der Waals surface area contributed by atoms with Crippen molar-refractivity contribution < 1.29 is 9.42 Å². The Labute approximate surface area is 113 Å². The van der Waals surface area contributed by atoms with Gasteiger partial charge in [-0.15, -0.1) is 0 Å². The van der Waals surface area contributed by atoms with E-state index in [-0.39, 0.29) is 5.91 Å². The van der Waals surface area contributed by atoms with Gasteiger partial charge in [0.25, 0.3) is 0 Å². The molecule has 0 unspecified atom stereocenters. The number of likely N-dealkylation sites (N-methyl/N-ethyl adjacent to an activating group) is 1. The lowest BCUT2D eigenvalue weighted by atomic mass is 10.2. The van der Waals surface area contributed by atoms with Gasteiger partial charge in [0.2, 0.25) is 5.91 Å². The number of hydrogen-bond acceptors (Lipinski definition) is 5. The van der Waals surface area contributed by atoms with E-state index < -0.39 is 0 Å². The predicted octanol–water partition coefficient (Wildman–Crippen LogP) is 1.21. The number of carbonyl (C=O) groups is 1. The third-order valence-corrected chi connectivity index (χ3v) is 3.62. The van der Waals surface area contributed by atoms with Crippen molar-refractivity contribution in [3.05, 3.63) is 11.4 Å². The molecular weight excluding hydrogens is 244 g/mol. The van der Waals surface area contributed by atoms with Crippen molar-refractivity contribution in [3.8, 4) is 0 Å². The average molecular weight is 266 g/mol. The van der Waals surface area contributed by atoms with Crippen molar-refractivity contribution in [2.75, 3.05) is 26.7 Å². The van der Waals surface area contributed by atoms with Gasteiger partial charge in [0.1, 0.15) is 11.4 Å². The van der Waals surface area contributed by atoms with Gasteiger partial charge in [-0.3, -0.25) is 9.69 Å². The summed E-state index contributed by atoms with van der Waals surface area (Å²) in [4.78, 5) is 16.1. The van der Waals surface area contributed by atoms with E-state index in [2.05, 4.69) is 19.8 Å². The largest absolute Gasteiger partial charge is 0.339 e. The van der Waals surface area contributed by atoms with Crippen molar-refractivity contribution in [1.82, 2.24) is 20.1 Å². The van der Waals surface area contributed by atoms with E-state index in [9.17, 15) is 4.79 Å². The van der Waals surface area contributed by atoms with Gasteiger partial charge in [0, 0.05) is 7.05 Å². The molecular formula is C13H22N4O2. The number of aromatic nitrogens is 2. The van der Waals surface area contributed by atoms with Crippen LogP contribution in [0.15, 0.2) is 4.63 Å². The molecule has 0 aromatic carbocycles. The van der Waals surface area contributed by atoms with E-state index in [0.29, 0.717) is 13.1 Å². The number of hydrogen-bond donors (Lipinski definition) is 0. The zero-order valence-corrected chi connectivity index (χ0v) is 11.8. The number of carbonyl (C=O) groups excluding carboxylic acids is 1. The second kappa shape index (κ2) is 6.65. The molecule has 0 spiro atoms. The molecule has 1 amide bonds. The monoisotopic (exact) mass is 266 g/mol. The first-order valence-corrected chi connectivity index (χ1v) is 6.91. The standard InChI is InChI=1S/C13H22N4O2/c1-11-12(15-19-14-11)9-16(2)13(18)10-17-7-5-3-4-6-8-17/h3-10H2,1-2H3. The topological polar surface area (TPSA) is 62.5 Å². The summed E-state index contributed by atoms with van der Waals surface area (Å²) in [6.45, 7) is 4.86. The molecule has 6 heteroatoms. The fourth-order valence-corrected chi connectivity index (χ4v) is 2.31. The SMILES string of the molecule is Cc1nonc1CN(C)C(=O)CN1CCCCCC1. The summed E-state index contributed by atoms with van der Waals surface area (Å²) in [5.74, 6) is 0.129. The van der Waals surface area contributed by atoms with Gasteiger partial charge in [0.15, 0.2) is 0 Å². The van der Waals surface area contributed by atoms with Crippen LogP contribution in [0.2, 0.25) is 0 Å². The van der Waals surface area contributed by atoms with Gasteiger partial charge in [0.05, 0.1) is 13.1 Å². The zero-order chi connectivity index (χ0) is 13.7. The summed E-state index contributed by atoms with van der Waals surface area (Å²) in [7, 11) is 1.80. The van der Waals surface area contributed by atoms with Crippen LogP contribution in [0.25, 0.3) is 0 Å². The average Bonchev–Trinajstić information content (AvgIpc) is 2.65. The molecule has 2 heterocycles. The summed E-state index contributed by atoms with van der Waals surface area (Å²) < 4.78 is 4.64. The van der Waals surface area contributed by atoms with Crippen molar-refractivity contribution in [1.29, 1.82) is 0 Å². The van der Waals surface area contributed by atoms with Crippen LogP contribution in [0.5, 0.6) is 0 Å². The maximum Gasteiger partial charge on any atom is 0.236 e. The second-order valence-corrected chi connectivity index (χ2v) is 5.24. The minimum Gasteiger partial charge on any atom is -0.339 e. The van der Waals surface area contributed by atoms with E-state index in [1.165, 1.54) is 25.7 Å². The lowest BCUT2D eigenvalue weighted by Crippen LogP contribution is -2.38. The molecule has 6 nitrogen and oxygen atoms in total. The van der Waals surface area contributed by atoms with Gasteiger partial charge in [-0.25, -0.2) is 4.63 Å². The summed E-state index contributed by atoms with van der Waals surface area (Å²) in [6.07, 6.45) is 4.96. The van der Waals surface area contributed by atoms with Crippen LogP contribution in [0.3, 0.4) is 0 Å². The minimum absolute atomic E-state index is 0.129. The summed E-state index contributed by atoms with van der Waals surface area (Å²) >= 11 is 0. The zero-order valence-electron chi connectivity index (χ0n) is 11.8. The summed E-state index contributed by atoms with van der Waals surface area (Å²) in [5.41, 5.74) is 1.47. The van der Waals surface area contributed by atoms with Crippen LogP contribution in [-0.4, -0.2) is 52.7 Å². The van der Waals surface area contributed by atoms with Gasteiger partial charge in [-0.05, 0) is 32.9 Å². The minimum atomic E-state index is 0.129. The Morgan fingerprint density at radius 3 is 2.53 bits per heavy atom.